The van der Waals surface area contributed by atoms with E-state index in [9.17, 15) is 10.2 Å². The van der Waals surface area contributed by atoms with Crippen molar-refractivity contribution in [3.05, 3.63) is 23.4 Å². The number of hydrogen-bond donors (Lipinski definition) is 2. The van der Waals surface area contributed by atoms with Gasteiger partial charge in [0, 0.05) is 25.4 Å². The molecule has 1 aromatic rings. The molecule has 2 rings (SSSR count). The van der Waals surface area contributed by atoms with Crippen molar-refractivity contribution in [2.75, 3.05) is 24.6 Å². The summed E-state index contributed by atoms with van der Waals surface area (Å²) >= 11 is 0. The van der Waals surface area contributed by atoms with E-state index in [1.807, 2.05) is 12.1 Å². The Kier molecular flexibility index (Phi) is 5.16. The molecule has 1 fully saturated rings. The fraction of sp³-hybridized carbons (Fsp3) is 0.667. The van der Waals surface area contributed by atoms with Gasteiger partial charge in [-0.05, 0) is 42.9 Å². The van der Waals surface area contributed by atoms with Crippen LogP contribution >= 0.6 is 0 Å². The second-order valence-electron chi connectivity index (χ2n) is 5.35. The summed E-state index contributed by atoms with van der Waals surface area (Å²) in [5.74, 6) is 1.42. The maximum atomic E-state index is 9.35. The van der Waals surface area contributed by atoms with Crippen molar-refractivity contribution in [2.24, 2.45) is 5.92 Å². The van der Waals surface area contributed by atoms with Crippen molar-refractivity contribution in [3.8, 4) is 0 Å². The summed E-state index contributed by atoms with van der Waals surface area (Å²) in [5, 5.41) is 18.5. The minimum atomic E-state index is 0.0688. The number of hydrogen-bond acceptors (Lipinski definition) is 4. The summed E-state index contributed by atoms with van der Waals surface area (Å²) in [6, 6.07) is 3.98. The van der Waals surface area contributed by atoms with Crippen LogP contribution in [0.2, 0.25) is 0 Å². The highest BCUT2D eigenvalue weighted by atomic mass is 16.3. The molecule has 4 nitrogen and oxygen atoms in total. The predicted octanol–water partition coefficient (Wildman–Crippen LogP) is 1.74. The van der Waals surface area contributed by atoms with E-state index in [0.717, 1.165) is 55.8 Å². The summed E-state index contributed by atoms with van der Waals surface area (Å²) < 4.78 is 0. The standard InChI is InChI=1S/C15H24N2O2/c1-2-3-14-8-13(11-19)9-15(16-14)17-6-4-12(10-18)5-7-17/h8-9,12,18-19H,2-7,10-11H2,1H3. The largest absolute Gasteiger partial charge is 0.396 e. The minimum absolute atomic E-state index is 0.0688. The monoisotopic (exact) mass is 264 g/mol. The lowest BCUT2D eigenvalue weighted by Gasteiger charge is -2.32. The highest BCUT2D eigenvalue weighted by molar-refractivity contribution is 5.43. The summed E-state index contributed by atoms with van der Waals surface area (Å²) in [4.78, 5) is 6.97. The molecule has 4 heteroatoms. The van der Waals surface area contributed by atoms with E-state index in [2.05, 4.69) is 11.8 Å². The average molecular weight is 264 g/mol. The highest BCUT2D eigenvalue weighted by Gasteiger charge is 2.20. The van der Waals surface area contributed by atoms with E-state index in [1.54, 1.807) is 0 Å². The fourth-order valence-electron chi connectivity index (χ4n) is 2.62. The molecule has 19 heavy (non-hydrogen) atoms. The minimum Gasteiger partial charge on any atom is -0.396 e. The average Bonchev–Trinajstić information content (AvgIpc) is 2.47. The summed E-state index contributed by atoms with van der Waals surface area (Å²) in [6.45, 7) is 4.38. The smallest absolute Gasteiger partial charge is 0.129 e. The zero-order valence-corrected chi connectivity index (χ0v) is 11.7. The van der Waals surface area contributed by atoms with Gasteiger partial charge < -0.3 is 15.1 Å². The van der Waals surface area contributed by atoms with Gasteiger partial charge in [-0.25, -0.2) is 4.98 Å². The summed E-state index contributed by atoms with van der Waals surface area (Å²) in [7, 11) is 0. The van der Waals surface area contributed by atoms with Crippen LogP contribution in [-0.4, -0.2) is 34.9 Å². The summed E-state index contributed by atoms with van der Waals surface area (Å²) in [6.07, 6.45) is 4.05. The van der Waals surface area contributed by atoms with Crippen molar-refractivity contribution in [2.45, 2.75) is 39.2 Å². The molecule has 0 aliphatic carbocycles. The maximum Gasteiger partial charge on any atom is 0.129 e. The van der Waals surface area contributed by atoms with Gasteiger partial charge in [-0.1, -0.05) is 13.3 Å². The first kappa shape index (κ1) is 14.3. The van der Waals surface area contributed by atoms with Crippen LogP contribution in [-0.2, 0) is 13.0 Å². The van der Waals surface area contributed by atoms with Crippen LogP contribution in [0.5, 0.6) is 0 Å². The lowest BCUT2D eigenvalue weighted by Crippen LogP contribution is -2.35. The van der Waals surface area contributed by atoms with Gasteiger partial charge in [-0.15, -0.1) is 0 Å². The molecule has 2 heterocycles. The van der Waals surface area contributed by atoms with Crippen LogP contribution < -0.4 is 4.90 Å². The Balaban J connectivity index is 2.12. The third-order valence-corrected chi connectivity index (χ3v) is 3.81. The lowest BCUT2D eigenvalue weighted by atomic mass is 9.98. The molecule has 0 amide bonds. The maximum absolute atomic E-state index is 9.35. The van der Waals surface area contributed by atoms with Crippen molar-refractivity contribution in [3.63, 3.8) is 0 Å². The van der Waals surface area contributed by atoms with Gasteiger partial charge in [0.1, 0.15) is 5.82 Å². The SMILES string of the molecule is CCCc1cc(CO)cc(N2CCC(CO)CC2)n1. The van der Waals surface area contributed by atoms with Gasteiger partial charge in [0.2, 0.25) is 0 Å². The molecule has 1 aliphatic heterocycles. The third-order valence-electron chi connectivity index (χ3n) is 3.81. The van der Waals surface area contributed by atoms with Crippen molar-refractivity contribution < 1.29 is 10.2 Å². The molecule has 1 aliphatic rings. The zero-order valence-electron chi connectivity index (χ0n) is 11.7. The molecule has 1 saturated heterocycles. The molecular weight excluding hydrogens is 240 g/mol. The molecule has 106 valence electrons. The molecule has 1 aromatic heterocycles. The van der Waals surface area contributed by atoms with Gasteiger partial charge >= 0.3 is 0 Å². The van der Waals surface area contributed by atoms with E-state index in [0.29, 0.717) is 12.5 Å². The van der Waals surface area contributed by atoms with Crippen molar-refractivity contribution in [1.82, 2.24) is 4.98 Å². The van der Waals surface area contributed by atoms with E-state index in [4.69, 9.17) is 4.98 Å². The molecule has 0 bridgehead atoms. The van der Waals surface area contributed by atoms with E-state index in [1.165, 1.54) is 0 Å². The Hall–Kier alpha value is -1.13. The third kappa shape index (κ3) is 3.67. The second-order valence-corrected chi connectivity index (χ2v) is 5.35. The summed E-state index contributed by atoms with van der Waals surface area (Å²) in [5.41, 5.74) is 2.01. The molecule has 2 N–H and O–H groups in total. The second kappa shape index (κ2) is 6.87. The Labute approximate surface area is 115 Å². The highest BCUT2D eigenvalue weighted by Crippen LogP contribution is 2.23. The van der Waals surface area contributed by atoms with Gasteiger partial charge in [0.25, 0.3) is 0 Å². The Morgan fingerprint density at radius 3 is 2.58 bits per heavy atom. The number of anilines is 1. The molecule has 0 atom stereocenters. The van der Waals surface area contributed by atoms with Crippen LogP contribution in [0, 0.1) is 5.92 Å². The van der Waals surface area contributed by atoms with Crippen LogP contribution in [0.1, 0.15) is 37.4 Å². The molecule has 0 saturated carbocycles. The van der Waals surface area contributed by atoms with Gasteiger partial charge in [-0.2, -0.15) is 0 Å². The van der Waals surface area contributed by atoms with Gasteiger partial charge in [0.15, 0.2) is 0 Å². The quantitative estimate of drug-likeness (QED) is 0.850. The molecule has 0 aromatic carbocycles. The fourth-order valence-corrected chi connectivity index (χ4v) is 2.62. The van der Waals surface area contributed by atoms with Gasteiger partial charge in [-0.3, -0.25) is 0 Å². The first-order valence-corrected chi connectivity index (χ1v) is 7.23. The number of aryl methyl sites for hydroxylation is 1. The first-order chi connectivity index (χ1) is 9.26. The van der Waals surface area contributed by atoms with Crippen molar-refractivity contribution >= 4 is 5.82 Å². The molecule has 0 spiro atoms. The molecule has 0 radical (unpaired) electrons. The Bertz CT molecular complexity index is 401. The number of nitrogens with zero attached hydrogens (tertiary/aromatic N) is 2. The normalized spacial score (nSPS) is 16.9. The topological polar surface area (TPSA) is 56.6 Å². The van der Waals surface area contributed by atoms with Gasteiger partial charge in [0.05, 0.1) is 6.61 Å². The molecule has 0 unspecified atom stereocenters. The van der Waals surface area contributed by atoms with Crippen LogP contribution in [0.3, 0.4) is 0 Å². The van der Waals surface area contributed by atoms with E-state index < -0.39 is 0 Å². The Morgan fingerprint density at radius 2 is 2.00 bits per heavy atom. The number of aromatic nitrogens is 1. The molecular formula is C15H24N2O2. The van der Waals surface area contributed by atoms with Crippen molar-refractivity contribution in [1.29, 1.82) is 0 Å². The number of aliphatic hydroxyl groups excluding tert-OH is 2. The van der Waals surface area contributed by atoms with Crippen LogP contribution in [0.15, 0.2) is 12.1 Å². The van der Waals surface area contributed by atoms with Crippen LogP contribution in [0.4, 0.5) is 5.82 Å². The number of aliphatic hydroxyl groups is 2. The first-order valence-electron chi connectivity index (χ1n) is 7.23. The lowest BCUT2D eigenvalue weighted by molar-refractivity contribution is 0.202. The number of piperidine rings is 1. The Morgan fingerprint density at radius 1 is 1.26 bits per heavy atom. The zero-order chi connectivity index (χ0) is 13.7. The van der Waals surface area contributed by atoms with E-state index >= 15 is 0 Å². The number of pyridine rings is 1. The van der Waals surface area contributed by atoms with Crippen LogP contribution in [0.25, 0.3) is 0 Å². The number of rotatable bonds is 5. The van der Waals surface area contributed by atoms with E-state index in [-0.39, 0.29) is 6.61 Å². The predicted molar refractivity (Wildman–Crippen MR) is 76.2 cm³/mol.